The number of nitrogens with zero attached hydrogens (tertiary/aromatic N) is 1. The fourth-order valence-corrected chi connectivity index (χ4v) is 3.01. The van der Waals surface area contributed by atoms with Crippen molar-refractivity contribution in [2.24, 2.45) is 5.73 Å². The number of benzene rings is 2. The Balaban J connectivity index is 2.03. The van der Waals surface area contributed by atoms with Gasteiger partial charge in [-0.15, -0.1) is 0 Å². The van der Waals surface area contributed by atoms with Crippen molar-refractivity contribution in [3.8, 4) is 11.4 Å². The van der Waals surface area contributed by atoms with Gasteiger partial charge in [0.05, 0.1) is 16.7 Å². The first-order valence-electron chi connectivity index (χ1n) is 7.57. The maximum absolute atomic E-state index is 12.5. The molecule has 0 saturated heterocycles. The molecule has 0 spiro atoms. The highest BCUT2D eigenvalue weighted by atomic mass is 16.1. The van der Waals surface area contributed by atoms with Gasteiger partial charge in [0.25, 0.3) is 5.56 Å². The second-order valence-corrected chi connectivity index (χ2v) is 5.49. The molecule has 4 N–H and O–H groups in total. The molecule has 0 aliphatic carbocycles. The zero-order valence-corrected chi connectivity index (χ0v) is 12.5. The molecule has 0 unspecified atom stereocenters. The van der Waals surface area contributed by atoms with Gasteiger partial charge in [-0.05, 0) is 36.7 Å². The van der Waals surface area contributed by atoms with E-state index in [1.54, 1.807) is 0 Å². The number of nitrogens with two attached hydrogens (primary N) is 1. The maximum atomic E-state index is 12.5. The van der Waals surface area contributed by atoms with Gasteiger partial charge in [-0.2, -0.15) is 0 Å². The molecule has 114 valence electrons. The van der Waals surface area contributed by atoms with E-state index in [1.807, 2.05) is 48.5 Å². The van der Waals surface area contributed by atoms with Crippen LogP contribution in [0.15, 0.2) is 53.3 Å². The highest BCUT2D eigenvalue weighted by molar-refractivity contribution is 5.90. The highest BCUT2D eigenvalue weighted by Crippen LogP contribution is 2.28. The van der Waals surface area contributed by atoms with Crippen LogP contribution in [0.1, 0.15) is 5.56 Å². The predicted octanol–water partition coefficient (Wildman–Crippen LogP) is 2.57. The van der Waals surface area contributed by atoms with E-state index < -0.39 is 0 Å². The molecule has 0 atom stereocenters. The fraction of sp³-hybridized carbons (Fsp3) is 0.111. The Kier molecular flexibility index (Phi) is 3.20. The van der Waals surface area contributed by atoms with Crippen LogP contribution in [0.2, 0.25) is 0 Å². The lowest BCUT2D eigenvalue weighted by Crippen LogP contribution is -2.13. The molecule has 4 aromatic rings. The molecule has 2 aromatic carbocycles. The van der Waals surface area contributed by atoms with E-state index in [9.17, 15) is 4.79 Å². The van der Waals surface area contributed by atoms with Crippen LogP contribution in [0, 0.1) is 0 Å². The lowest BCUT2D eigenvalue weighted by molar-refractivity contribution is 0.975. The van der Waals surface area contributed by atoms with Crippen molar-refractivity contribution in [3.05, 3.63) is 64.4 Å². The molecule has 5 heteroatoms. The van der Waals surface area contributed by atoms with Gasteiger partial charge < -0.3 is 15.7 Å². The minimum Gasteiger partial charge on any atom is -0.353 e. The van der Waals surface area contributed by atoms with Gasteiger partial charge in [-0.3, -0.25) is 4.79 Å². The van der Waals surface area contributed by atoms with Gasteiger partial charge >= 0.3 is 0 Å². The Morgan fingerprint density at radius 1 is 0.957 bits per heavy atom. The Morgan fingerprint density at radius 2 is 1.70 bits per heavy atom. The van der Waals surface area contributed by atoms with Crippen LogP contribution >= 0.6 is 0 Å². The van der Waals surface area contributed by atoms with Gasteiger partial charge in [0.15, 0.2) is 5.69 Å². The standard InChI is InChI=1S/C18H16N4O/c19-10-9-12-11-5-1-2-6-13(11)20-16(12)17-18(23)22-15-8-4-3-7-14(15)21-17/h1-8,20H,9-10,19H2,(H,22,23). The average molecular weight is 304 g/mol. The minimum atomic E-state index is -0.200. The Bertz CT molecular complexity index is 1060. The first-order valence-corrected chi connectivity index (χ1v) is 7.57. The van der Waals surface area contributed by atoms with Crippen LogP contribution in [0.25, 0.3) is 33.3 Å². The van der Waals surface area contributed by atoms with Crippen LogP contribution in [-0.2, 0) is 6.42 Å². The third-order valence-electron chi connectivity index (χ3n) is 4.04. The van der Waals surface area contributed by atoms with Gasteiger partial charge in [0, 0.05) is 10.9 Å². The first-order chi connectivity index (χ1) is 11.3. The summed E-state index contributed by atoms with van der Waals surface area (Å²) in [5.74, 6) is 0. The Hall–Kier alpha value is -2.92. The van der Waals surface area contributed by atoms with Gasteiger partial charge in [0.1, 0.15) is 0 Å². The van der Waals surface area contributed by atoms with E-state index in [0.717, 1.165) is 33.2 Å². The van der Waals surface area contributed by atoms with Crippen LogP contribution in [0.4, 0.5) is 0 Å². The van der Waals surface area contributed by atoms with Crippen molar-refractivity contribution in [1.82, 2.24) is 15.0 Å². The van der Waals surface area contributed by atoms with Crippen LogP contribution < -0.4 is 11.3 Å². The summed E-state index contributed by atoms with van der Waals surface area (Å²) in [4.78, 5) is 23.3. The van der Waals surface area contributed by atoms with Gasteiger partial charge in [-0.25, -0.2) is 4.98 Å². The highest BCUT2D eigenvalue weighted by Gasteiger charge is 2.16. The summed E-state index contributed by atoms with van der Waals surface area (Å²) < 4.78 is 0. The van der Waals surface area contributed by atoms with E-state index in [0.29, 0.717) is 18.7 Å². The first kappa shape index (κ1) is 13.7. The summed E-state index contributed by atoms with van der Waals surface area (Å²) in [7, 11) is 0. The molecule has 2 aromatic heterocycles. The van der Waals surface area contributed by atoms with Crippen molar-refractivity contribution in [1.29, 1.82) is 0 Å². The molecule has 0 fully saturated rings. The van der Waals surface area contributed by atoms with Crippen molar-refractivity contribution < 1.29 is 0 Å². The van der Waals surface area contributed by atoms with E-state index in [1.165, 1.54) is 0 Å². The molecule has 0 amide bonds. The quantitative estimate of drug-likeness (QED) is 0.543. The molecule has 0 aliphatic heterocycles. The lowest BCUT2D eigenvalue weighted by atomic mass is 10.1. The van der Waals surface area contributed by atoms with E-state index in [4.69, 9.17) is 5.73 Å². The van der Waals surface area contributed by atoms with Gasteiger partial charge in [-0.1, -0.05) is 30.3 Å². The number of rotatable bonds is 3. The lowest BCUT2D eigenvalue weighted by Gasteiger charge is -2.04. The molecule has 0 radical (unpaired) electrons. The third-order valence-corrected chi connectivity index (χ3v) is 4.04. The zero-order valence-electron chi connectivity index (χ0n) is 12.5. The largest absolute Gasteiger partial charge is 0.353 e. The second kappa shape index (κ2) is 5.37. The summed E-state index contributed by atoms with van der Waals surface area (Å²) in [6.07, 6.45) is 0.688. The van der Waals surface area contributed by atoms with Crippen LogP contribution in [0.3, 0.4) is 0 Å². The van der Waals surface area contributed by atoms with Crippen molar-refractivity contribution in [2.75, 3.05) is 6.54 Å². The minimum absolute atomic E-state index is 0.200. The van der Waals surface area contributed by atoms with Crippen molar-refractivity contribution in [3.63, 3.8) is 0 Å². The average Bonchev–Trinajstić information content (AvgIpc) is 2.93. The number of hydrogen-bond donors (Lipinski definition) is 3. The maximum Gasteiger partial charge on any atom is 0.276 e. The number of aromatic nitrogens is 3. The summed E-state index contributed by atoms with van der Waals surface area (Å²) in [5, 5.41) is 1.09. The monoisotopic (exact) mass is 304 g/mol. The number of fused-ring (bicyclic) bond motifs is 2. The fourth-order valence-electron chi connectivity index (χ4n) is 3.01. The van der Waals surface area contributed by atoms with E-state index >= 15 is 0 Å². The molecule has 5 nitrogen and oxygen atoms in total. The molecule has 0 aliphatic rings. The molecule has 4 rings (SSSR count). The number of para-hydroxylation sites is 3. The van der Waals surface area contributed by atoms with Crippen LogP contribution in [-0.4, -0.2) is 21.5 Å². The summed E-state index contributed by atoms with van der Waals surface area (Å²) in [6.45, 7) is 0.514. The normalized spacial score (nSPS) is 11.3. The van der Waals surface area contributed by atoms with Crippen molar-refractivity contribution >= 4 is 21.9 Å². The smallest absolute Gasteiger partial charge is 0.276 e. The topological polar surface area (TPSA) is 87.6 Å². The predicted molar refractivity (Wildman–Crippen MR) is 92.4 cm³/mol. The SMILES string of the molecule is NCCc1c(-c2nc3ccccc3[nH]c2=O)[nH]c2ccccc12. The van der Waals surface area contributed by atoms with E-state index in [-0.39, 0.29) is 5.56 Å². The number of H-pyrrole nitrogens is 2. The zero-order chi connectivity index (χ0) is 15.8. The number of hydrogen-bond acceptors (Lipinski definition) is 3. The molecule has 0 saturated carbocycles. The van der Waals surface area contributed by atoms with Gasteiger partial charge in [0.2, 0.25) is 0 Å². The Labute approximate surface area is 132 Å². The van der Waals surface area contributed by atoms with Crippen molar-refractivity contribution in [2.45, 2.75) is 6.42 Å². The molecular weight excluding hydrogens is 288 g/mol. The summed E-state index contributed by atoms with van der Waals surface area (Å²) >= 11 is 0. The second-order valence-electron chi connectivity index (χ2n) is 5.49. The van der Waals surface area contributed by atoms with E-state index in [2.05, 4.69) is 15.0 Å². The molecule has 23 heavy (non-hydrogen) atoms. The molecule has 0 bridgehead atoms. The van der Waals surface area contributed by atoms with Crippen LogP contribution in [0.5, 0.6) is 0 Å². The Morgan fingerprint density at radius 3 is 2.52 bits per heavy atom. The number of aromatic amines is 2. The third kappa shape index (κ3) is 2.22. The molecular formula is C18H16N4O. The summed E-state index contributed by atoms with van der Waals surface area (Å²) in [5.41, 5.74) is 10.2. The number of nitrogens with one attached hydrogen (secondary N) is 2. The molecule has 2 heterocycles. The summed E-state index contributed by atoms with van der Waals surface area (Å²) in [6, 6.07) is 15.5.